The van der Waals surface area contributed by atoms with Gasteiger partial charge in [-0.15, -0.1) is 0 Å². The fraction of sp³-hybridized carbons (Fsp3) is 0.538. The van der Waals surface area contributed by atoms with E-state index in [1.165, 1.54) is 38.4 Å². The molecule has 5 heteroatoms. The second kappa shape index (κ2) is 6.35. The molecule has 1 aliphatic rings. The zero-order valence-electron chi connectivity index (χ0n) is 10.5. The Morgan fingerprint density at radius 2 is 2.06 bits per heavy atom. The number of anilines is 1. The first-order chi connectivity index (χ1) is 8.75. The van der Waals surface area contributed by atoms with Crippen LogP contribution in [0, 0.1) is 10.1 Å². The Kier molecular flexibility index (Phi) is 4.52. The maximum atomic E-state index is 10.6. The van der Waals surface area contributed by atoms with E-state index in [9.17, 15) is 10.1 Å². The van der Waals surface area contributed by atoms with Crippen LogP contribution < -0.4 is 5.32 Å². The molecule has 1 heterocycles. The molecular weight excluding hydrogens is 230 g/mol. The van der Waals surface area contributed by atoms with Crippen LogP contribution in [0.25, 0.3) is 0 Å². The van der Waals surface area contributed by atoms with Crippen molar-refractivity contribution in [2.45, 2.75) is 19.3 Å². The number of rotatable bonds is 5. The highest BCUT2D eigenvalue weighted by molar-refractivity contribution is 5.50. The van der Waals surface area contributed by atoms with Crippen LogP contribution in [0.3, 0.4) is 0 Å². The van der Waals surface area contributed by atoms with Gasteiger partial charge in [0.15, 0.2) is 0 Å². The molecule has 1 fully saturated rings. The van der Waals surface area contributed by atoms with Crippen molar-refractivity contribution >= 4 is 11.4 Å². The Morgan fingerprint density at radius 1 is 1.28 bits per heavy atom. The lowest BCUT2D eigenvalue weighted by atomic mass is 10.1. The fourth-order valence-electron chi connectivity index (χ4n) is 2.27. The molecule has 1 aromatic carbocycles. The monoisotopic (exact) mass is 249 g/mol. The van der Waals surface area contributed by atoms with Crippen molar-refractivity contribution in [2.24, 2.45) is 0 Å². The number of hydrogen-bond acceptors (Lipinski definition) is 4. The second-order valence-electron chi connectivity index (χ2n) is 4.64. The molecular formula is C13H19N3O2. The van der Waals surface area contributed by atoms with Gasteiger partial charge in [-0.3, -0.25) is 10.1 Å². The molecule has 1 N–H and O–H groups in total. The number of nitrogens with zero attached hydrogens (tertiary/aromatic N) is 2. The minimum atomic E-state index is -0.365. The van der Waals surface area contributed by atoms with E-state index in [4.69, 9.17) is 0 Å². The summed E-state index contributed by atoms with van der Waals surface area (Å²) in [5.74, 6) is 0. The van der Waals surface area contributed by atoms with Gasteiger partial charge in [-0.25, -0.2) is 0 Å². The van der Waals surface area contributed by atoms with Gasteiger partial charge < -0.3 is 10.2 Å². The fourth-order valence-corrected chi connectivity index (χ4v) is 2.27. The van der Waals surface area contributed by atoms with Crippen molar-refractivity contribution < 1.29 is 4.92 Å². The van der Waals surface area contributed by atoms with Crippen LogP contribution in [0.15, 0.2) is 24.3 Å². The van der Waals surface area contributed by atoms with Crippen molar-refractivity contribution in [3.63, 3.8) is 0 Å². The Balaban J connectivity index is 1.78. The van der Waals surface area contributed by atoms with E-state index in [1.54, 1.807) is 12.1 Å². The summed E-state index contributed by atoms with van der Waals surface area (Å²) in [6.45, 7) is 4.19. The molecule has 0 saturated carbocycles. The third-order valence-corrected chi connectivity index (χ3v) is 3.26. The van der Waals surface area contributed by atoms with E-state index in [0.717, 1.165) is 18.8 Å². The van der Waals surface area contributed by atoms with Crippen LogP contribution in [-0.4, -0.2) is 36.0 Å². The molecule has 0 unspecified atom stereocenters. The number of non-ortho nitro benzene ring substituents is 1. The average Bonchev–Trinajstić information content (AvgIpc) is 2.40. The maximum Gasteiger partial charge on any atom is 0.271 e. The van der Waals surface area contributed by atoms with E-state index in [-0.39, 0.29) is 10.6 Å². The van der Waals surface area contributed by atoms with Crippen LogP contribution in [0.1, 0.15) is 19.3 Å². The number of hydrogen-bond donors (Lipinski definition) is 1. The minimum Gasteiger partial charge on any atom is -0.384 e. The number of nitro benzene ring substituents is 1. The molecule has 98 valence electrons. The molecule has 1 aromatic rings. The molecule has 0 aromatic heterocycles. The smallest absolute Gasteiger partial charge is 0.271 e. The highest BCUT2D eigenvalue weighted by Crippen LogP contribution is 2.16. The number of likely N-dealkylation sites (tertiary alicyclic amines) is 1. The summed E-state index contributed by atoms with van der Waals surface area (Å²) in [5, 5.41) is 13.9. The predicted molar refractivity (Wildman–Crippen MR) is 71.9 cm³/mol. The van der Waals surface area contributed by atoms with Gasteiger partial charge in [0.05, 0.1) is 4.92 Å². The molecule has 0 aliphatic carbocycles. The molecule has 18 heavy (non-hydrogen) atoms. The van der Waals surface area contributed by atoms with Gasteiger partial charge in [0, 0.05) is 30.9 Å². The highest BCUT2D eigenvalue weighted by Gasteiger charge is 2.09. The van der Waals surface area contributed by atoms with Gasteiger partial charge >= 0.3 is 0 Å². The quantitative estimate of drug-likeness (QED) is 0.643. The average molecular weight is 249 g/mol. The number of piperidine rings is 1. The summed E-state index contributed by atoms with van der Waals surface area (Å²) < 4.78 is 0. The van der Waals surface area contributed by atoms with E-state index >= 15 is 0 Å². The van der Waals surface area contributed by atoms with Crippen LogP contribution in [-0.2, 0) is 0 Å². The summed E-state index contributed by atoms with van der Waals surface area (Å²) in [6, 6.07) is 6.66. The van der Waals surface area contributed by atoms with E-state index < -0.39 is 0 Å². The van der Waals surface area contributed by atoms with Crippen LogP contribution >= 0.6 is 0 Å². The molecule has 0 radical (unpaired) electrons. The summed E-state index contributed by atoms with van der Waals surface area (Å²) in [5.41, 5.74) is 0.958. The van der Waals surface area contributed by atoms with Crippen LogP contribution in [0.4, 0.5) is 11.4 Å². The van der Waals surface area contributed by atoms with Gasteiger partial charge in [0.2, 0.25) is 0 Å². The molecule has 1 aliphatic heterocycles. The molecule has 0 bridgehead atoms. The largest absolute Gasteiger partial charge is 0.384 e. The zero-order chi connectivity index (χ0) is 12.8. The van der Waals surface area contributed by atoms with Crippen molar-refractivity contribution in [1.82, 2.24) is 4.90 Å². The number of nitrogens with one attached hydrogen (secondary N) is 1. The van der Waals surface area contributed by atoms with Crippen molar-refractivity contribution in [3.05, 3.63) is 34.4 Å². The second-order valence-corrected chi connectivity index (χ2v) is 4.64. The molecule has 2 rings (SSSR count). The van der Waals surface area contributed by atoms with E-state index in [1.807, 2.05) is 6.07 Å². The van der Waals surface area contributed by atoms with Gasteiger partial charge in [-0.1, -0.05) is 12.5 Å². The lowest BCUT2D eigenvalue weighted by Crippen LogP contribution is -2.33. The molecule has 1 saturated heterocycles. The summed E-state index contributed by atoms with van der Waals surface area (Å²) in [4.78, 5) is 12.7. The Labute approximate surface area is 107 Å². The van der Waals surface area contributed by atoms with Crippen LogP contribution in [0.2, 0.25) is 0 Å². The van der Waals surface area contributed by atoms with Gasteiger partial charge in [-0.2, -0.15) is 0 Å². The summed E-state index contributed by atoms with van der Waals surface area (Å²) >= 11 is 0. The molecule has 0 atom stereocenters. The zero-order valence-corrected chi connectivity index (χ0v) is 10.5. The normalized spacial score (nSPS) is 16.4. The van der Waals surface area contributed by atoms with E-state index in [0.29, 0.717) is 0 Å². The molecule has 5 nitrogen and oxygen atoms in total. The summed E-state index contributed by atoms with van der Waals surface area (Å²) in [6.07, 6.45) is 3.92. The van der Waals surface area contributed by atoms with Crippen LogP contribution in [0.5, 0.6) is 0 Å². The van der Waals surface area contributed by atoms with Gasteiger partial charge in [0.25, 0.3) is 5.69 Å². The van der Waals surface area contributed by atoms with Gasteiger partial charge in [-0.05, 0) is 32.0 Å². The molecule has 0 spiro atoms. The summed E-state index contributed by atoms with van der Waals surface area (Å²) in [7, 11) is 0. The first-order valence-corrected chi connectivity index (χ1v) is 6.46. The first-order valence-electron chi connectivity index (χ1n) is 6.46. The van der Waals surface area contributed by atoms with E-state index in [2.05, 4.69) is 10.2 Å². The third kappa shape index (κ3) is 3.70. The lowest BCUT2D eigenvalue weighted by molar-refractivity contribution is -0.384. The number of nitro groups is 1. The van der Waals surface area contributed by atoms with Crippen molar-refractivity contribution in [3.8, 4) is 0 Å². The minimum absolute atomic E-state index is 0.137. The van der Waals surface area contributed by atoms with Crippen molar-refractivity contribution in [2.75, 3.05) is 31.5 Å². The predicted octanol–water partition coefficient (Wildman–Crippen LogP) is 2.49. The molecule has 0 amide bonds. The first kappa shape index (κ1) is 12.8. The Morgan fingerprint density at radius 3 is 2.78 bits per heavy atom. The third-order valence-electron chi connectivity index (χ3n) is 3.26. The highest BCUT2D eigenvalue weighted by atomic mass is 16.6. The maximum absolute atomic E-state index is 10.6. The topological polar surface area (TPSA) is 58.4 Å². The number of benzene rings is 1. The Bertz CT molecular complexity index is 403. The SMILES string of the molecule is O=[N+]([O-])c1cccc(NCCN2CCCCC2)c1. The Hall–Kier alpha value is -1.62. The van der Waals surface area contributed by atoms with Gasteiger partial charge in [0.1, 0.15) is 0 Å². The standard InChI is InChI=1S/C13H19N3O2/c17-16(18)13-6-4-5-12(11-13)14-7-10-15-8-2-1-3-9-15/h4-6,11,14H,1-3,7-10H2. The lowest BCUT2D eigenvalue weighted by Gasteiger charge is -2.26. The van der Waals surface area contributed by atoms with Crippen molar-refractivity contribution in [1.29, 1.82) is 0 Å².